The molecule has 282 valence electrons. The summed E-state index contributed by atoms with van der Waals surface area (Å²) in [5.74, 6) is -1.62. The van der Waals surface area contributed by atoms with Crippen LogP contribution < -0.4 is 21.3 Å². The van der Waals surface area contributed by atoms with Crippen molar-refractivity contribution in [3.63, 3.8) is 0 Å². The van der Waals surface area contributed by atoms with E-state index < -0.39 is 60.3 Å². The first-order valence-corrected chi connectivity index (χ1v) is 19.7. The van der Waals surface area contributed by atoms with E-state index in [-0.39, 0.29) is 35.4 Å². The molecule has 0 saturated heterocycles. The van der Waals surface area contributed by atoms with Crippen LogP contribution >= 0.6 is 22.7 Å². The van der Waals surface area contributed by atoms with Crippen LogP contribution in [0.1, 0.15) is 93.9 Å². The molecule has 0 spiro atoms. The van der Waals surface area contributed by atoms with E-state index in [0.717, 1.165) is 5.56 Å². The standard InChI is InChI=1S/C37H46N8O6S2/c1-8-18(4)27-31(47)38-19(5)36-40-24(15-52-36)34-44-28(20(6)50-34)32(48)42-26(17(2)3)30(46)39-23(14-22-12-10-9-11-13-22)37-41-25(16-53-37)35-45-29(21(7)51-35)33(49)43-27/h9-13,15-21,23,26-29H,8,14H2,1-7H3,(H,38,47)(H,39,46)(H,42,48)(H,43,49)/t18?,19-,20-,21-,23-,26+,27+,28+,29?/m1/s1. The highest BCUT2D eigenvalue weighted by atomic mass is 32.1. The van der Waals surface area contributed by atoms with E-state index in [2.05, 4.69) is 36.2 Å². The molecule has 53 heavy (non-hydrogen) atoms. The van der Waals surface area contributed by atoms with Gasteiger partial charge in [0.25, 0.3) is 0 Å². The molecule has 0 saturated carbocycles. The molecule has 3 aliphatic heterocycles. The number of thiazole rings is 2. The highest BCUT2D eigenvalue weighted by Gasteiger charge is 2.40. The molecule has 8 bridgehead atoms. The zero-order valence-corrected chi connectivity index (χ0v) is 32.4. The minimum absolute atomic E-state index is 0.184. The Labute approximate surface area is 316 Å². The van der Waals surface area contributed by atoms with Gasteiger partial charge >= 0.3 is 0 Å². The number of aliphatic imine (C=N–C) groups is 2. The Morgan fingerprint density at radius 2 is 1.23 bits per heavy atom. The summed E-state index contributed by atoms with van der Waals surface area (Å²) >= 11 is 2.65. The van der Waals surface area contributed by atoms with Gasteiger partial charge in [0.15, 0.2) is 12.1 Å². The number of rotatable bonds is 5. The fourth-order valence-corrected chi connectivity index (χ4v) is 7.97. The Kier molecular flexibility index (Phi) is 11.6. The van der Waals surface area contributed by atoms with Crippen molar-refractivity contribution < 1.29 is 28.7 Å². The summed E-state index contributed by atoms with van der Waals surface area (Å²) < 4.78 is 12.1. The number of fused-ring (bicyclic) bond motifs is 8. The number of aromatic nitrogens is 2. The Balaban J connectivity index is 1.37. The second kappa shape index (κ2) is 16.1. The summed E-state index contributed by atoms with van der Waals surface area (Å²) in [5.41, 5.74) is 1.84. The highest BCUT2D eigenvalue weighted by Crippen LogP contribution is 2.28. The van der Waals surface area contributed by atoms with Crippen LogP contribution in [-0.2, 0) is 35.1 Å². The maximum Gasteiger partial charge on any atom is 0.249 e. The minimum Gasteiger partial charge on any atom is -0.470 e. The number of amides is 4. The Bertz CT molecular complexity index is 1890. The van der Waals surface area contributed by atoms with Crippen molar-refractivity contribution in [1.82, 2.24) is 31.2 Å². The first kappa shape index (κ1) is 38.0. The average molecular weight is 763 g/mol. The number of nitrogens with zero attached hydrogens (tertiary/aromatic N) is 4. The van der Waals surface area contributed by atoms with E-state index in [1.165, 1.54) is 22.7 Å². The van der Waals surface area contributed by atoms with Gasteiger partial charge in [0.05, 0.1) is 12.1 Å². The van der Waals surface area contributed by atoms with E-state index in [1.807, 2.05) is 65.0 Å². The predicted molar refractivity (Wildman–Crippen MR) is 202 cm³/mol. The predicted octanol–water partition coefficient (Wildman–Crippen LogP) is 3.63. The van der Waals surface area contributed by atoms with Crippen LogP contribution in [-0.4, -0.2) is 81.8 Å². The molecule has 2 unspecified atom stereocenters. The van der Waals surface area contributed by atoms with Gasteiger partial charge in [0, 0.05) is 10.8 Å². The molecule has 2 aromatic heterocycles. The number of ether oxygens (including phenoxy) is 2. The zero-order valence-electron chi connectivity index (χ0n) is 30.8. The van der Waals surface area contributed by atoms with Crippen LogP contribution in [0, 0.1) is 11.8 Å². The van der Waals surface area contributed by atoms with Gasteiger partial charge in [-0.1, -0.05) is 64.4 Å². The van der Waals surface area contributed by atoms with Gasteiger partial charge in [0.1, 0.15) is 45.7 Å². The van der Waals surface area contributed by atoms with E-state index >= 15 is 0 Å². The first-order valence-electron chi connectivity index (χ1n) is 18.0. The summed E-state index contributed by atoms with van der Waals surface area (Å²) in [6.45, 7) is 12.9. The summed E-state index contributed by atoms with van der Waals surface area (Å²) in [6.07, 6.45) is -0.151. The van der Waals surface area contributed by atoms with E-state index in [9.17, 15) is 19.2 Å². The molecular weight excluding hydrogens is 717 g/mol. The zero-order chi connectivity index (χ0) is 38.0. The lowest BCUT2D eigenvalue weighted by Crippen LogP contribution is -2.53. The lowest BCUT2D eigenvalue weighted by molar-refractivity contribution is -0.131. The van der Waals surface area contributed by atoms with Gasteiger partial charge in [-0.25, -0.2) is 20.0 Å². The van der Waals surface area contributed by atoms with Crippen molar-refractivity contribution >= 4 is 58.1 Å². The van der Waals surface area contributed by atoms with Crippen molar-refractivity contribution in [3.05, 3.63) is 68.1 Å². The van der Waals surface area contributed by atoms with Gasteiger partial charge in [-0.2, -0.15) is 0 Å². The topological polar surface area (TPSA) is 185 Å². The molecule has 5 heterocycles. The fraction of sp³-hybridized carbons (Fsp3) is 0.514. The average Bonchev–Trinajstić information content (AvgIpc) is 3.95. The molecule has 9 atom stereocenters. The molecular formula is C37H46N8O6S2. The first-order chi connectivity index (χ1) is 25.3. The third-order valence-electron chi connectivity index (χ3n) is 9.68. The molecule has 6 rings (SSSR count). The van der Waals surface area contributed by atoms with Gasteiger partial charge < -0.3 is 30.7 Å². The van der Waals surface area contributed by atoms with Crippen LogP contribution in [0.4, 0.5) is 0 Å². The molecule has 0 fully saturated rings. The third-order valence-corrected chi connectivity index (χ3v) is 11.7. The monoisotopic (exact) mass is 762 g/mol. The summed E-state index contributed by atoms with van der Waals surface area (Å²) in [5, 5.41) is 16.7. The van der Waals surface area contributed by atoms with Crippen LogP contribution in [0.2, 0.25) is 0 Å². The van der Waals surface area contributed by atoms with Gasteiger partial charge in [-0.3, -0.25) is 19.2 Å². The van der Waals surface area contributed by atoms with Crippen LogP contribution in [0.25, 0.3) is 0 Å². The molecule has 0 radical (unpaired) electrons. The highest BCUT2D eigenvalue weighted by molar-refractivity contribution is 7.10. The Morgan fingerprint density at radius 3 is 1.79 bits per heavy atom. The van der Waals surface area contributed by atoms with Crippen molar-refractivity contribution in [1.29, 1.82) is 0 Å². The lowest BCUT2D eigenvalue weighted by Gasteiger charge is -2.26. The van der Waals surface area contributed by atoms with Crippen LogP contribution in [0.3, 0.4) is 0 Å². The van der Waals surface area contributed by atoms with Gasteiger partial charge in [0.2, 0.25) is 35.4 Å². The summed E-state index contributed by atoms with van der Waals surface area (Å²) in [7, 11) is 0. The number of benzene rings is 1. The van der Waals surface area contributed by atoms with E-state index in [1.54, 1.807) is 24.6 Å². The number of carbonyl (C=O) groups excluding carboxylic acids is 4. The molecule has 3 aliphatic rings. The number of hydrogen-bond donors (Lipinski definition) is 4. The Morgan fingerprint density at radius 1 is 0.698 bits per heavy atom. The number of carbonyl (C=O) groups is 4. The van der Waals surface area contributed by atoms with Crippen molar-refractivity contribution in [3.8, 4) is 0 Å². The van der Waals surface area contributed by atoms with E-state index in [0.29, 0.717) is 34.2 Å². The maximum absolute atomic E-state index is 14.0. The smallest absolute Gasteiger partial charge is 0.249 e. The van der Waals surface area contributed by atoms with Gasteiger partial charge in [-0.05, 0) is 44.6 Å². The number of nitrogens with one attached hydrogen (secondary N) is 4. The van der Waals surface area contributed by atoms with E-state index in [4.69, 9.17) is 14.5 Å². The molecule has 1 aromatic carbocycles. The lowest BCUT2D eigenvalue weighted by atomic mass is 9.97. The molecule has 3 aromatic rings. The molecule has 16 heteroatoms. The fourth-order valence-electron chi connectivity index (χ4n) is 6.32. The van der Waals surface area contributed by atoms with Crippen molar-refractivity contribution in [2.75, 3.05) is 0 Å². The van der Waals surface area contributed by atoms with Gasteiger partial charge in [-0.15, -0.1) is 22.7 Å². The number of hydrogen-bond acceptors (Lipinski definition) is 12. The van der Waals surface area contributed by atoms with Crippen molar-refractivity contribution in [2.45, 2.75) is 110 Å². The van der Waals surface area contributed by atoms with Crippen molar-refractivity contribution in [2.24, 2.45) is 21.8 Å². The normalized spacial score (nSPS) is 28.7. The summed E-state index contributed by atoms with van der Waals surface area (Å²) in [6, 6.07) is 5.13. The Hall–Kier alpha value is -4.70. The second-order valence-corrected chi connectivity index (χ2v) is 15.9. The molecule has 0 aliphatic carbocycles. The largest absolute Gasteiger partial charge is 0.470 e. The third kappa shape index (κ3) is 8.43. The molecule has 4 amide bonds. The van der Waals surface area contributed by atoms with Crippen LogP contribution in [0.5, 0.6) is 0 Å². The second-order valence-electron chi connectivity index (χ2n) is 14.1. The quantitative estimate of drug-likeness (QED) is 0.304. The summed E-state index contributed by atoms with van der Waals surface area (Å²) in [4.78, 5) is 73.8. The molecule has 4 N–H and O–H groups in total. The van der Waals surface area contributed by atoms with Crippen LogP contribution in [0.15, 0.2) is 51.1 Å². The SMILES string of the molecule is CCC(C)[C@@H]1NC(=O)C2N=C(O[C@@H]2C)c2csc(n2)[C@@H](Cc2ccccc2)NC(=O)[C@H](C(C)C)NC(=O)[C@H]2N=C(O[C@@H]2C)c2csc(n2)[C@@H](C)NC1=O. The minimum atomic E-state index is -0.910. The molecule has 14 nitrogen and oxygen atoms in total. The maximum atomic E-state index is 14.0.